The molecule has 0 aromatic heterocycles. The molecule has 0 spiro atoms. The zero-order chi connectivity index (χ0) is 15.8. The van der Waals surface area contributed by atoms with Crippen molar-refractivity contribution in [3.05, 3.63) is 48.0 Å². The van der Waals surface area contributed by atoms with E-state index in [0.29, 0.717) is 31.3 Å². The van der Waals surface area contributed by atoms with Gasteiger partial charge in [-0.05, 0) is 30.3 Å². The molecule has 5 nitrogen and oxygen atoms in total. The Morgan fingerprint density at radius 3 is 2.14 bits per heavy atom. The first kappa shape index (κ1) is 16.0. The van der Waals surface area contributed by atoms with E-state index in [4.69, 9.17) is 24.7 Å². The van der Waals surface area contributed by atoms with Crippen molar-refractivity contribution in [1.29, 1.82) is 0 Å². The number of methoxy groups -OCH3 is 2. The fourth-order valence-corrected chi connectivity index (χ4v) is 2.02. The van der Waals surface area contributed by atoms with Crippen LogP contribution in [-0.4, -0.2) is 27.4 Å². The van der Waals surface area contributed by atoms with Gasteiger partial charge < -0.3 is 24.7 Å². The van der Waals surface area contributed by atoms with Gasteiger partial charge in [0.05, 0.1) is 14.2 Å². The number of nitrogens with two attached hydrogens (primary N) is 1. The summed E-state index contributed by atoms with van der Waals surface area (Å²) >= 11 is 0. The fraction of sp³-hybridized carbons (Fsp3) is 0.294. The first-order valence-electron chi connectivity index (χ1n) is 7.04. The van der Waals surface area contributed by atoms with E-state index in [0.717, 1.165) is 17.1 Å². The van der Waals surface area contributed by atoms with E-state index in [-0.39, 0.29) is 0 Å². The van der Waals surface area contributed by atoms with Gasteiger partial charge >= 0.3 is 0 Å². The summed E-state index contributed by atoms with van der Waals surface area (Å²) in [5.74, 6) is 2.91. The molecular weight excluding hydrogens is 282 g/mol. The predicted octanol–water partition coefficient (Wildman–Crippen LogP) is 2.62. The van der Waals surface area contributed by atoms with Crippen LogP contribution in [-0.2, 0) is 6.54 Å². The highest BCUT2D eigenvalue weighted by molar-refractivity contribution is 5.46. The summed E-state index contributed by atoms with van der Waals surface area (Å²) in [6.45, 7) is 1.22. The van der Waals surface area contributed by atoms with Crippen LogP contribution < -0.4 is 24.7 Å². The Kier molecular flexibility index (Phi) is 5.91. The van der Waals surface area contributed by atoms with E-state index in [1.165, 1.54) is 0 Å². The molecule has 2 rings (SSSR count). The van der Waals surface area contributed by atoms with Gasteiger partial charge in [-0.1, -0.05) is 12.1 Å². The lowest BCUT2D eigenvalue weighted by atomic mass is 10.2. The average Bonchev–Trinajstić information content (AvgIpc) is 2.59. The van der Waals surface area contributed by atoms with E-state index in [1.807, 2.05) is 42.5 Å². The SMILES string of the molecule is COc1ccc(OCCOc2c(CN)cccc2OC)cc1. The van der Waals surface area contributed by atoms with Gasteiger partial charge in [0.2, 0.25) is 0 Å². The molecule has 22 heavy (non-hydrogen) atoms. The minimum atomic E-state index is 0.395. The van der Waals surface area contributed by atoms with E-state index >= 15 is 0 Å². The smallest absolute Gasteiger partial charge is 0.165 e. The summed E-state index contributed by atoms with van der Waals surface area (Å²) in [6.07, 6.45) is 0. The molecule has 2 aromatic carbocycles. The number of para-hydroxylation sites is 1. The van der Waals surface area contributed by atoms with Gasteiger partial charge in [0, 0.05) is 12.1 Å². The predicted molar refractivity (Wildman–Crippen MR) is 84.9 cm³/mol. The maximum atomic E-state index is 5.76. The number of hydrogen-bond donors (Lipinski definition) is 1. The van der Waals surface area contributed by atoms with Crippen LogP contribution in [0.4, 0.5) is 0 Å². The van der Waals surface area contributed by atoms with Crippen LogP contribution in [0.25, 0.3) is 0 Å². The molecule has 0 radical (unpaired) electrons. The molecule has 0 aliphatic rings. The highest BCUT2D eigenvalue weighted by Gasteiger charge is 2.09. The summed E-state index contributed by atoms with van der Waals surface area (Å²) in [7, 11) is 3.24. The van der Waals surface area contributed by atoms with Crippen LogP contribution in [0.2, 0.25) is 0 Å². The molecule has 0 amide bonds. The molecule has 0 aliphatic carbocycles. The van der Waals surface area contributed by atoms with Crippen LogP contribution in [0.5, 0.6) is 23.0 Å². The summed E-state index contributed by atoms with van der Waals surface area (Å²) < 4.78 is 21.8. The van der Waals surface area contributed by atoms with Crippen molar-refractivity contribution in [2.75, 3.05) is 27.4 Å². The molecule has 5 heteroatoms. The van der Waals surface area contributed by atoms with Gasteiger partial charge in [-0.2, -0.15) is 0 Å². The second-order valence-electron chi connectivity index (χ2n) is 4.53. The van der Waals surface area contributed by atoms with Crippen LogP contribution >= 0.6 is 0 Å². The Balaban J connectivity index is 1.88. The second kappa shape index (κ2) is 8.14. The summed E-state index contributed by atoms with van der Waals surface area (Å²) in [6, 6.07) is 13.1. The average molecular weight is 303 g/mol. The first-order chi connectivity index (χ1) is 10.8. The quantitative estimate of drug-likeness (QED) is 0.760. The molecule has 0 saturated carbocycles. The number of rotatable bonds is 8. The van der Waals surface area contributed by atoms with Crippen molar-refractivity contribution < 1.29 is 18.9 Å². The molecule has 0 heterocycles. The molecule has 118 valence electrons. The van der Waals surface area contributed by atoms with Crippen LogP contribution in [0, 0.1) is 0 Å². The Morgan fingerprint density at radius 2 is 1.50 bits per heavy atom. The molecule has 2 N–H and O–H groups in total. The molecule has 0 saturated heterocycles. The Hall–Kier alpha value is -2.40. The van der Waals surface area contributed by atoms with E-state index in [2.05, 4.69) is 0 Å². The Bertz CT molecular complexity index is 561. The van der Waals surface area contributed by atoms with Gasteiger partial charge in [0.25, 0.3) is 0 Å². The summed E-state index contributed by atoms with van der Waals surface area (Å²) in [5.41, 5.74) is 6.62. The number of hydrogen-bond acceptors (Lipinski definition) is 5. The molecule has 0 unspecified atom stereocenters. The standard InChI is InChI=1S/C17H21NO4/c1-19-14-6-8-15(9-7-14)21-10-11-22-17-13(12-18)4-3-5-16(17)20-2/h3-9H,10-12,18H2,1-2H3. The molecule has 2 aromatic rings. The second-order valence-corrected chi connectivity index (χ2v) is 4.53. The molecule has 0 fully saturated rings. The van der Waals surface area contributed by atoms with E-state index in [9.17, 15) is 0 Å². The van der Waals surface area contributed by atoms with Gasteiger partial charge in [-0.3, -0.25) is 0 Å². The van der Waals surface area contributed by atoms with Crippen LogP contribution in [0.15, 0.2) is 42.5 Å². The normalized spacial score (nSPS) is 10.1. The maximum absolute atomic E-state index is 5.76. The van der Waals surface area contributed by atoms with Gasteiger partial charge in [0.15, 0.2) is 11.5 Å². The van der Waals surface area contributed by atoms with Crippen LogP contribution in [0.3, 0.4) is 0 Å². The molecule has 0 aliphatic heterocycles. The van der Waals surface area contributed by atoms with Gasteiger partial charge in [-0.25, -0.2) is 0 Å². The summed E-state index contributed by atoms with van der Waals surface area (Å²) in [5, 5.41) is 0. The number of ether oxygens (including phenoxy) is 4. The van der Waals surface area contributed by atoms with Crippen molar-refractivity contribution in [3.63, 3.8) is 0 Å². The van der Waals surface area contributed by atoms with Crippen molar-refractivity contribution in [2.45, 2.75) is 6.54 Å². The van der Waals surface area contributed by atoms with Crippen molar-refractivity contribution in [2.24, 2.45) is 5.73 Å². The number of benzene rings is 2. The third kappa shape index (κ3) is 4.05. The third-order valence-electron chi connectivity index (χ3n) is 3.16. The lowest BCUT2D eigenvalue weighted by Gasteiger charge is -2.14. The van der Waals surface area contributed by atoms with Gasteiger partial charge in [-0.15, -0.1) is 0 Å². The minimum Gasteiger partial charge on any atom is -0.497 e. The third-order valence-corrected chi connectivity index (χ3v) is 3.16. The minimum absolute atomic E-state index is 0.395. The van der Waals surface area contributed by atoms with Crippen molar-refractivity contribution in [1.82, 2.24) is 0 Å². The lowest BCUT2D eigenvalue weighted by molar-refractivity contribution is 0.210. The molecule has 0 bridgehead atoms. The first-order valence-corrected chi connectivity index (χ1v) is 7.04. The highest BCUT2D eigenvalue weighted by atomic mass is 16.5. The Labute approximate surface area is 130 Å². The van der Waals surface area contributed by atoms with Crippen LogP contribution in [0.1, 0.15) is 5.56 Å². The largest absolute Gasteiger partial charge is 0.497 e. The zero-order valence-corrected chi connectivity index (χ0v) is 12.9. The fourth-order valence-electron chi connectivity index (χ4n) is 2.02. The van der Waals surface area contributed by atoms with E-state index in [1.54, 1.807) is 14.2 Å². The highest BCUT2D eigenvalue weighted by Crippen LogP contribution is 2.30. The maximum Gasteiger partial charge on any atom is 0.165 e. The van der Waals surface area contributed by atoms with E-state index < -0.39 is 0 Å². The van der Waals surface area contributed by atoms with Gasteiger partial charge in [0.1, 0.15) is 24.7 Å². The van der Waals surface area contributed by atoms with Crippen molar-refractivity contribution in [3.8, 4) is 23.0 Å². The monoisotopic (exact) mass is 303 g/mol. The molecular formula is C17H21NO4. The zero-order valence-electron chi connectivity index (χ0n) is 12.9. The summed E-state index contributed by atoms with van der Waals surface area (Å²) in [4.78, 5) is 0. The Morgan fingerprint density at radius 1 is 0.818 bits per heavy atom. The van der Waals surface area contributed by atoms with Crippen molar-refractivity contribution >= 4 is 0 Å². The molecule has 0 atom stereocenters. The lowest BCUT2D eigenvalue weighted by Crippen LogP contribution is -2.11. The topological polar surface area (TPSA) is 62.9 Å².